The summed E-state index contributed by atoms with van der Waals surface area (Å²) in [5, 5.41) is 4.38. The van der Waals surface area contributed by atoms with Crippen LogP contribution in [0.4, 0.5) is 0 Å². The van der Waals surface area contributed by atoms with Crippen molar-refractivity contribution in [3.63, 3.8) is 0 Å². The van der Waals surface area contributed by atoms with Crippen molar-refractivity contribution in [3.05, 3.63) is 60.7 Å². The van der Waals surface area contributed by atoms with Gasteiger partial charge in [-0.1, -0.05) is 59.1 Å². The van der Waals surface area contributed by atoms with Gasteiger partial charge in [-0.25, -0.2) is 0 Å². The van der Waals surface area contributed by atoms with Crippen molar-refractivity contribution >= 4 is 52.7 Å². The van der Waals surface area contributed by atoms with Crippen LogP contribution >= 0.6 is 32.6 Å². The second-order valence-corrected chi connectivity index (χ2v) is 6.40. The topological polar surface area (TPSA) is 9.23 Å². The van der Waals surface area contributed by atoms with E-state index in [0.717, 1.165) is 10.1 Å². The van der Waals surface area contributed by atoms with Gasteiger partial charge in [0.2, 0.25) is 0 Å². The molecule has 0 spiro atoms. The lowest BCUT2D eigenvalue weighted by Gasteiger charge is -1.95. The number of hydrogen-bond acceptors (Lipinski definition) is 3. The summed E-state index contributed by atoms with van der Waals surface area (Å²) < 4.78 is 8.51. The molecule has 1 nitrogen and oxygen atoms in total. The van der Waals surface area contributed by atoms with Gasteiger partial charge in [-0.05, 0) is 22.9 Å². The average molecular weight is 316 g/mol. The highest BCUT2D eigenvalue weighted by molar-refractivity contribution is 7.22. The summed E-state index contributed by atoms with van der Waals surface area (Å²) in [7, 11) is 0. The molecule has 2 aromatic carbocycles. The normalized spacial score (nSPS) is 10.6. The first-order valence-electron chi connectivity index (χ1n) is 6.03. The van der Waals surface area contributed by atoms with Gasteiger partial charge < -0.3 is 4.74 Å². The number of hydrogen-bond donors (Lipinski definition) is 0. The fraction of sp³-hybridized carbons (Fsp3) is 0. The highest BCUT2D eigenvalue weighted by atomic mass is 32.1. The van der Waals surface area contributed by atoms with Crippen molar-refractivity contribution in [2.75, 3.05) is 0 Å². The molecule has 0 aliphatic rings. The Morgan fingerprint density at radius 1 is 0.650 bits per heavy atom. The van der Waals surface area contributed by atoms with Crippen LogP contribution in [0.3, 0.4) is 0 Å². The molecule has 0 saturated heterocycles. The van der Waals surface area contributed by atoms with E-state index in [2.05, 4.69) is 60.7 Å². The SMILES string of the molecule is P.c1ccc2sc(Oc3cc4ccccc4s3)cc2c1. The molecule has 0 saturated carbocycles. The summed E-state index contributed by atoms with van der Waals surface area (Å²) in [5.74, 6) is 0. The summed E-state index contributed by atoms with van der Waals surface area (Å²) in [6, 6.07) is 20.9. The molecule has 20 heavy (non-hydrogen) atoms. The fourth-order valence-corrected chi connectivity index (χ4v) is 4.02. The highest BCUT2D eigenvalue weighted by Crippen LogP contribution is 2.39. The highest BCUT2D eigenvalue weighted by Gasteiger charge is 2.06. The van der Waals surface area contributed by atoms with Crippen molar-refractivity contribution in [2.45, 2.75) is 0 Å². The molecule has 0 aliphatic carbocycles. The van der Waals surface area contributed by atoms with Crippen LogP contribution in [-0.2, 0) is 0 Å². The van der Waals surface area contributed by atoms with Crippen LogP contribution in [0, 0.1) is 0 Å². The minimum atomic E-state index is 0. The van der Waals surface area contributed by atoms with Gasteiger partial charge in [0, 0.05) is 21.5 Å². The number of ether oxygens (including phenoxy) is 1. The Hall–Kier alpha value is -1.41. The fourth-order valence-electron chi connectivity index (χ4n) is 2.11. The van der Waals surface area contributed by atoms with E-state index in [0.29, 0.717) is 0 Å². The lowest BCUT2D eigenvalue weighted by Crippen LogP contribution is -1.73. The van der Waals surface area contributed by atoms with E-state index < -0.39 is 0 Å². The maximum atomic E-state index is 5.99. The first-order valence-corrected chi connectivity index (χ1v) is 7.67. The summed E-state index contributed by atoms with van der Waals surface area (Å²) >= 11 is 3.37. The summed E-state index contributed by atoms with van der Waals surface area (Å²) in [6.07, 6.45) is 0. The number of benzene rings is 2. The van der Waals surface area contributed by atoms with Gasteiger partial charge in [-0.2, -0.15) is 9.90 Å². The predicted molar refractivity (Wildman–Crippen MR) is 94.8 cm³/mol. The smallest absolute Gasteiger partial charge is 0.183 e. The molecule has 0 aliphatic heterocycles. The lowest BCUT2D eigenvalue weighted by molar-refractivity contribution is 0.512. The Balaban J connectivity index is 0.00000121. The standard InChI is InChI=1S/C16H10OS2.H3P/c1-3-7-13-11(5-1)9-15(18-13)17-16-10-12-6-2-4-8-14(12)19-16;/h1-10H;1H3. The second-order valence-electron chi connectivity index (χ2n) is 4.31. The maximum Gasteiger partial charge on any atom is 0.183 e. The largest absolute Gasteiger partial charge is 0.436 e. The lowest BCUT2D eigenvalue weighted by atomic mass is 10.3. The van der Waals surface area contributed by atoms with E-state index in [-0.39, 0.29) is 9.90 Å². The molecular formula is C16H13OPS2. The van der Waals surface area contributed by atoms with Crippen LogP contribution in [0.5, 0.6) is 10.1 Å². The number of thiophene rings is 2. The molecule has 1 unspecified atom stereocenters. The van der Waals surface area contributed by atoms with Gasteiger partial charge in [-0.15, -0.1) is 0 Å². The second kappa shape index (κ2) is 5.53. The van der Waals surface area contributed by atoms with Crippen LogP contribution in [-0.4, -0.2) is 0 Å². The Morgan fingerprint density at radius 2 is 1.10 bits per heavy atom. The van der Waals surface area contributed by atoms with Crippen LogP contribution in [0.15, 0.2) is 60.7 Å². The van der Waals surface area contributed by atoms with Crippen molar-refractivity contribution in [3.8, 4) is 10.1 Å². The minimum Gasteiger partial charge on any atom is -0.436 e. The summed E-state index contributed by atoms with van der Waals surface area (Å²) in [4.78, 5) is 0. The van der Waals surface area contributed by atoms with Gasteiger partial charge in [0.05, 0.1) is 0 Å². The van der Waals surface area contributed by atoms with Crippen molar-refractivity contribution < 1.29 is 4.74 Å². The van der Waals surface area contributed by atoms with Crippen molar-refractivity contribution in [2.24, 2.45) is 0 Å². The average Bonchev–Trinajstić information content (AvgIpc) is 3.00. The Labute approximate surface area is 128 Å². The minimum absolute atomic E-state index is 0. The van der Waals surface area contributed by atoms with E-state index in [1.54, 1.807) is 22.7 Å². The van der Waals surface area contributed by atoms with E-state index in [1.165, 1.54) is 20.2 Å². The molecule has 2 aromatic heterocycles. The van der Waals surface area contributed by atoms with Crippen molar-refractivity contribution in [1.82, 2.24) is 0 Å². The molecule has 0 N–H and O–H groups in total. The zero-order chi connectivity index (χ0) is 12.7. The summed E-state index contributed by atoms with van der Waals surface area (Å²) in [5.41, 5.74) is 0. The van der Waals surface area contributed by atoms with Gasteiger partial charge in [-0.3, -0.25) is 0 Å². The number of fused-ring (bicyclic) bond motifs is 2. The molecule has 4 heteroatoms. The van der Waals surface area contributed by atoms with Crippen molar-refractivity contribution in [1.29, 1.82) is 0 Å². The molecule has 1 atom stereocenters. The molecule has 0 radical (unpaired) electrons. The third-order valence-corrected chi connectivity index (χ3v) is 5.00. The van der Waals surface area contributed by atoms with E-state index in [9.17, 15) is 0 Å². The van der Waals surface area contributed by atoms with Crippen LogP contribution < -0.4 is 4.74 Å². The van der Waals surface area contributed by atoms with Crippen LogP contribution in [0.25, 0.3) is 20.2 Å². The van der Waals surface area contributed by atoms with Gasteiger partial charge in [0.15, 0.2) is 10.1 Å². The van der Waals surface area contributed by atoms with Crippen LogP contribution in [0.2, 0.25) is 0 Å². The molecule has 0 amide bonds. The summed E-state index contributed by atoms with van der Waals surface area (Å²) in [6.45, 7) is 0. The van der Waals surface area contributed by atoms with Crippen LogP contribution in [0.1, 0.15) is 0 Å². The van der Waals surface area contributed by atoms with Gasteiger partial charge in [0.25, 0.3) is 0 Å². The first-order chi connectivity index (χ1) is 9.38. The van der Waals surface area contributed by atoms with Gasteiger partial charge in [0.1, 0.15) is 0 Å². The quantitative estimate of drug-likeness (QED) is 0.414. The third-order valence-electron chi connectivity index (χ3n) is 3.01. The number of rotatable bonds is 2. The van der Waals surface area contributed by atoms with E-state index in [1.807, 2.05) is 0 Å². The molecule has 0 fully saturated rings. The maximum absolute atomic E-state index is 5.99. The molecular weight excluding hydrogens is 303 g/mol. The molecule has 4 aromatic rings. The Bertz CT molecular complexity index is 725. The zero-order valence-electron chi connectivity index (χ0n) is 10.7. The Kier molecular flexibility index (Phi) is 3.75. The zero-order valence-corrected chi connectivity index (χ0v) is 13.8. The predicted octanol–water partition coefficient (Wildman–Crippen LogP) is 5.97. The van der Waals surface area contributed by atoms with E-state index >= 15 is 0 Å². The first kappa shape index (κ1) is 13.6. The molecule has 0 bridgehead atoms. The monoisotopic (exact) mass is 316 g/mol. The third kappa shape index (κ3) is 2.45. The molecule has 4 rings (SSSR count). The molecule has 100 valence electrons. The van der Waals surface area contributed by atoms with Gasteiger partial charge >= 0.3 is 0 Å². The molecule has 2 heterocycles. The van der Waals surface area contributed by atoms with E-state index in [4.69, 9.17) is 4.74 Å². The Morgan fingerprint density at radius 3 is 1.55 bits per heavy atom.